The highest BCUT2D eigenvalue weighted by Gasteiger charge is 2.12. The molecule has 0 spiro atoms. The topological polar surface area (TPSA) is 86.1 Å². The number of imidazole rings is 1. The summed E-state index contributed by atoms with van der Waals surface area (Å²) in [6.45, 7) is 2.09. The number of carbonyl (C=O) groups is 2. The number of hydrogen-bond donors (Lipinski definition) is 1. The van der Waals surface area contributed by atoms with Crippen molar-refractivity contribution >= 4 is 28.3 Å². The second-order valence-electron chi connectivity index (χ2n) is 5.10. The number of esters is 1. The standard InChI is InChI=1S/C17H16N4O3S/c1-2-24-15(22)9-13-10-25-17(19-13)20-16(23)12-3-5-14(6-4-12)21-8-7-18-11-21/h3-8,10-11H,2,9H2,1H3,(H,19,20,23). The van der Waals surface area contributed by atoms with Gasteiger partial charge in [0.05, 0.1) is 25.0 Å². The second-order valence-corrected chi connectivity index (χ2v) is 5.95. The van der Waals surface area contributed by atoms with E-state index < -0.39 is 0 Å². The third-order valence-electron chi connectivity index (χ3n) is 3.34. The molecule has 1 amide bonds. The van der Waals surface area contributed by atoms with Crippen molar-refractivity contribution in [2.24, 2.45) is 0 Å². The Labute approximate surface area is 148 Å². The molecule has 1 aromatic carbocycles. The molecule has 0 aliphatic rings. The monoisotopic (exact) mass is 356 g/mol. The van der Waals surface area contributed by atoms with E-state index in [1.165, 1.54) is 11.3 Å². The Morgan fingerprint density at radius 1 is 1.28 bits per heavy atom. The molecule has 2 aromatic heterocycles. The summed E-state index contributed by atoms with van der Waals surface area (Å²) in [6.07, 6.45) is 5.31. The zero-order valence-corrected chi connectivity index (χ0v) is 14.3. The van der Waals surface area contributed by atoms with E-state index in [2.05, 4.69) is 15.3 Å². The molecule has 2 heterocycles. The minimum atomic E-state index is -0.333. The van der Waals surface area contributed by atoms with Crippen LogP contribution in [0.1, 0.15) is 23.0 Å². The first kappa shape index (κ1) is 16.8. The molecule has 0 atom stereocenters. The van der Waals surface area contributed by atoms with Crippen LogP contribution in [-0.2, 0) is 16.0 Å². The van der Waals surface area contributed by atoms with E-state index in [1.54, 1.807) is 37.0 Å². The number of nitrogens with zero attached hydrogens (tertiary/aromatic N) is 3. The lowest BCUT2D eigenvalue weighted by molar-refractivity contribution is -0.142. The number of rotatable bonds is 6. The number of nitrogens with one attached hydrogen (secondary N) is 1. The van der Waals surface area contributed by atoms with E-state index in [0.29, 0.717) is 23.0 Å². The van der Waals surface area contributed by atoms with Crippen molar-refractivity contribution in [3.05, 3.63) is 59.6 Å². The van der Waals surface area contributed by atoms with Crippen LogP contribution in [0.3, 0.4) is 0 Å². The van der Waals surface area contributed by atoms with Crippen LogP contribution >= 0.6 is 11.3 Å². The fourth-order valence-corrected chi connectivity index (χ4v) is 2.88. The highest BCUT2D eigenvalue weighted by molar-refractivity contribution is 7.14. The van der Waals surface area contributed by atoms with Gasteiger partial charge in [-0.2, -0.15) is 0 Å². The van der Waals surface area contributed by atoms with Gasteiger partial charge in [0.25, 0.3) is 5.91 Å². The molecule has 3 rings (SSSR count). The number of anilines is 1. The van der Waals surface area contributed by atoms with Gasteiger partial charge in [-0.05, 0) is 31.2 Å². The molecule has 0 aliphatic carbocycles. The van der Waals surface area contributed by atoms with Gasteiger partial charge in [0.2, 0.25) is 0 Å². The van der Waals surface area contributed by atoms with Gasteiger partial charge in [-0.1, -0.05) is 0 Å². The quantitative estimate of drug-likeness (QED) is 0.686. The largest absolute Gasteiger partial charge is 0.466 e. The molecule has 3 aromatic rings. The molecule has 0 unspecified atom stereocenters. The Morgan fingerprint density at radius 3 is 2.76 bits per heavy atom. The number of benzene rings is 1. The second kappa shape index (κ2) is 7.71. The summed E-state index contributed by atoms with van der Waals surface area (Å²) >= 11 is 1.27. The van der Waals surface area contributed by atoms with Gasteiger partial charge in [-0.25, -0.2) is 9.97 Å². The van der Waals surface area contributed by atoms with Crippen LogP contribution < -0.4 is 5.32 Å². The van der Waals surface area contributed by atoms with E-state index in [1.807, 2.05) is 22.9 Å². The van der Waals surface area contributed by atoms with Crippen LogP contribution in [0.2, 0.25) is 0 Å². The SMILES string of the molecule is CCOC(=O)Cc1csc(NC(=O)c2ccc(-n3ccnc3)cc2)n1. The first-order chi connectivity index (χ1) is 12.2. The lowest BCUT2D eigenvalue weighted by Crippen LogP contribution is -2.12. The highest BCUT2D eigenvalue weighted by atomic mass is 32.1. The van der Waals surface area contributed by atoms with E-state index in [9.17, 15) is 9.59 Å². The maximum Gasteiger partial charge on any atom is 0.311 e. The molecule has 0 aliphatic heterocycles. The van der Waals surface area contributed by atoms with Crippen LogP contribution in [-0.4, -0.2) is 33.0 Å². The van der Waals surface area contributed by atoms with E-state index in [0.717, 1.165) is 5.69 Å². The van der Waals surface area contributed by atoms with Crippen molar-refractivity contribution in [3.63, 3.8) is 0 Å². The predicted molar refractivity (Wildman–Crippen MR) is 94.0 cm³/mol. The lowest BCUT2D eigenvalue weighted by Gasteiger charge is -2.04. The Bertz CT molecular complexity index is 856. The fourth-order valence-electron chi connectivity index (χ4n) is 2.17. The Balaban J connectivity index is 1.62. The number of ether oxygens (including phenoxy) is 1. The molecule has 0 bridgehead atoms. The van der Waals surface area contributed by atoms with Gasteiger partial charge in [-0.3, -0.25) is 14.9 Å². The summed E-state index contributed by atoms with van der Waals surface area (Å²) in [4.78, 5) is 32.0. The van der Waals surface area contributed by atoms with Crippen molar-refractivity contribution in [1.82, 2.24) is 14.5 Å². The summed E-state index contributed by atoms with van der Waals surface area (Å²) in [5, 5.41) is 4.91. The van der Waals surface area contributed by atoms with Crippen LogP contribution in [0.25, 0.3) is 5.69 Å². The average molecular weight is 356 g/mol. The number of carbonyl (C=O) groups excluding carboxylic acids is 2. The van der Waals surface area contributed by atoms with Crippen LogP contribution in [0.15, 0.2) is 48.4 Å². The Kier molecular flexibility index (Phi) is 5.20. The van der Waals surface area contributed by atoms with Gasteiger partial charge < -0.3 is 9.30 Å². The van der Waals surface area contributed by atoms with Crippen molar-refractivity contribution in [2.75, 3.05) is 11.9 Å². The van der Waals surface area contributed by atoms with Crippen molar-refractivity contribution < 1.29 is 14.3 Å². The molecule has 0 saturated carbocycles. The van der Waals surface area contributed by atoms with E-state index in [4.69, 9.17) is 4.74 Å². The summed E-state index contributed by atoms with van der Waals surface area (Å²) in [6, 6.07) is 7.14. The Hall–Kier alpha value is -3.00. The third-order valence-corrected chi connectivity index (χ3v) is 4.14. The fraction of sp³-hybridized carbons (Fsp3) is 0.176. The smallest absolute Gasteiger partial charge is 0.311 e. The zero-order valence-electron chi connectivity index (χ0n) is 13.5. The predicted octanol–water partition coefficient (Wildman–Crippen LogP) is 2.69. The average Bonchev–Trinajstić information content (AvgIpc) is 3.27. The molecule has 128 valence electrons. The zero-order chi connectivity index (χ0) is 17.6. The van der Waals surface area contributed by atoms with Gasteiger partial charge in [0.1, 0.15) is 0 Å². The van der Waals surface area contributed by atoms with E-state index in [-0.39, 0.29) is 18.3 Å². The number of hydrogen-bond acceptors (Lipinski definition) is 6. The molecule has 0 saturated heterocycles. The summed E-state index contributed by atoms with van der Waals surface area (Å²) in [7, 11) is 0. The highest BCUT2D eigenvalue weighted by Crippen LogP contribution is 2.18. The van der Waals surface area contributed by atoms with Crippen molar-refractivity contribution in [1.29, 1.82) is 0 Å². The summed E-state index contributed by atoms with van der Waals surface area (Å²) in [5.41, 5.74) is 2.01. The van der Waals surface area contributed by atoms with Gasteiger partial charge >= 0.3 is 5.97 Å². The van der Waals surface area contributed by atoms with Gasteiger partial charge in [-0.15, -0.1) is 11.3 Å². The first-order valence-electron chi connectivity index (χ1n) is 7.65. The van der Waals surface area contributed by atoms with E-state index >= 15 is 0 Å². The Morgan fingerprint density at radius 2 is 2.08 bits per heavy atom. The minimum Gasteiger partial charge on any atom is -0.466 e. The maximum absolute atomic E-state index is 12.3. The number of thiazole rings is 1. The maximum atomic E-state index is 12.3. The number of amides is 1. The van der Waals surface area contributed by atoms with Crippen LogP contribution in [0.4, 0.5) is 5.13 Å². The molecule has 1 N–H and O–H groups in total. The van der Waals surface area contributed by atoms with Crippen LogP contribution in [0.5, 0.6) is 0 Å². The summed E-state index contributed by atoms with van der Waals surface area (Å²) in [5.74, 6) is -0.588. The van der Waals surface area contributed by atoms with Crippen molar-refractivity contribution in [2.45, 2.75) is 13.3 Å². The molecular weight excluding hydrogens is 340 g/mol. The summed E-state index contributed by atoms with van der Waals surface area (Å²) < 4.78 is 6.73. The van der Waals surface area contributed by atoms with Gasteiger partial charge in [0.15, 0.2) is 5.13 Å². The molecule has 7 nitrogen and oxygen atoms in total. The minimum absolute atomic E-state index is 0.0970. The van der Waals surface area contributed by atoms with Gasteiger partial charge in [0, 0.05) is 29.0 Å². The van der Waals surface area contributed by atoms with Crippen LogP contribution in [0, 0.1) is 0 Å². The molecule has 0 fully saturated rings. The molecular formula is C17H16N4O3S. The molecule has 8 heteroatoms. The molecule has 25 heavy (non-hydrogen) atoms. The normalized spacial score (nSPS) is 10.4. The third kappa shape index (κ3) is 4.30. The van der Waals surface area contributed by atoms with Crippen molar-refractivity contribution in [3.8, 4) is 5.69 Å². The molecule has 0 radical (unpaired) electrons. The number of aromatic nitrogens is 3. The lowest BCUT2D eigenvalue weighted by atomic mass is 10.2. The first-order valence-corrected chi connectivity index (χ1v) is 8.53.